The van der Waals surface area contributed by atoms with Crippen molar-refractivity contribution in [1.29, 1.82) is 0 Å². The molecule has 4 heteroatoms. The number of rotatable bonds is 7. The minimum Gasteiger partial charge on any atom is -0.462 e. The molecule has 0 saturated heterocycles. The zero-order valence-electron chi connectivity index (χ0n) is 10.2. The molecule has 0 saturated carbocycles. The van der Waals surface area contributed by atoms with Crippen molar-refractivity contribution in [2.75, 3.05) is 13.7 Å². The molecule has 0 fully saturated rings. The Labute approximate surface area is 96.6 Å². The second kappa shape index (κ2) is 6.03. The first kappa shape index (κ1) is 13.2. The van der Waals surface area contributed by atoms with Gasteiger partial charge in [-0.15, -0.1) is 0 Å². The summed E-state index contributed by atoms with van der Waals surface area (Å²) in [4.78, 5) is 0. The lowest BCUT2D eigenvalue weighted by Crippen LogP contribution is -2.39. The maximum atomic E-state index is 8.89. The maximum absolute atomic E-state index is 8.89. The Hall–Kier alpha value is -0.840. The number of aliphatic hydroxyl groups is 1. The summed E-state index contributed by atoms with van der Waals surface area (Å²) in [5.74, 6) is 1.72. The smallest absolute Gasteiger partial charge is 0.129 e. The summed E-state index contributed by atoms with van der Waals surface area (Å²) >= 11 is 0. The third-order valence-electron chi connectivity index (χ3n) is 2.48. The molecule has 92 valence electrons. The van der Waals surface area contributed by atoms with Crippen LogP contribution in [0.15, 0.2) is 16.5 Å². The molecular weight excluding hydrogens is 206 g/mol. The van der Waals surface area contributed by atoms with E-state index >= 15 is 0 Å². The third-order valence-corrected chi connectivity index (χ3v) is 2.48. The Morgan fingerprint density at radius 1 is 1.38 bits per heavy atom. The minimum absolute atomic E-state index is 0.0804. The molecule has 0 spiro atoms. The Morgan fingerprint density at radius 3 is 2.69 bits per heavy atom. The molecule has 0 aliphatic heterocycles. The number of hydrogen-bond acceptors (Lipinski definition) is 4. The van der Waals surface area contributed by atoms with Gasteiger partial charge in [0.25, 0.3) is 0 Å². The van der Waals surface area contributed by atoms with Crippen molar-refractivity contribution in [1.82, 2.24) is 5.32 Å². The summed E-state index contributed by atoms with van der Waals surface area (Å²) in [6, 6.07) is 3.86. The predicted octanol–water partition coefficient (Wildman–Crippen LogP) is 1.68. The van der Waals surface area contributed by atoms with Crippen LogP contribution in [0, 0.1) is 0 Å². The molecule has 0 atom stereocenters. The summed E-state index contributed by atoms with van der Waals surface area (Å²) in [5, 5.41) is 12.2. The van der Waals surface area contributed by atoms with Gasteiger partial charge in [0.1, 0.15) is 18.1 Å². The highest BCUT2D eigenvalue weighted by Crippen LogP contribution is 2.12. The summed E-state index contributed by atoms with van der Waals surface area (Å²) in [6.07, 6.45) is 0.721. The van der Waals surface area contributed by atoms with E-state index in [1.165, 1.54) is 0 Å². The van der Waals surface area contributed by atoms with Gasteiger partial charge in [0.2, 0.25) is 0 Å². The average molecular weight is 227 g/mol. The van der Waals surface area contributed by atoms with Gasteiger partial charge in [-0.1, -0.05) is 0 Å². The van der Waals surface area contributed by atoms with Gasteiger partial charge in [-0.2, -0.15) is 0 Å². The van der Waals surface area contributed by atoms with Gasteiger partial charge in [-0.25, -0.2) is 0 Å². The second-order valence-corrected chi connectivity index (χ2v) is 4.51. The molecule has 0 amide bonds. The van der Waals surface area contributed by atoms with Crippen molar-refractivity contribution in [3.8, 4) is 0 Å². The van der Waals surface area contributed by atoms with Crippen molar-refractivity contribution in [2.45, 2.75) is 39.0 Å². The quantitative estimate of drug-likeness (QED) is 0.744. The normalized spacial score (nSPS) is 12.0. The van der Waals surface area contributed by atoms with E-state index in [9.17, 15) is 0 Å². The van der Waals surface area contributed by atoms with Crippen LogP contribution in [-0.4, -0.2) is 24.4 Å². The van der Waals surface area contributed by atoms with E-state index in [0.29, 0.717) is 13.2 Å². The summed E-state index contributed by atoms with van der Waals surface area (Å²) in [6.45, 7) is 5.47. The van der Waals surface area contributed by atoms with Gasteiger partial charge < -0.3 is 19.6 Å². The number of ether oxygens (including phenoxy) is 1. The van der Waals surface area contributed by atoms with Crippen molar-refractivity contribution < 1.29 is 14.3 Å². The van der Waals surface area contributed by atoms with Crippen LogP contribution in [0.1, 0.15) is 31.8 Å². The molecule has 2 N–H and O–H groups in total. The fraction of sp³-hybridized carbons (Fsp3) is 0.667. The number of methoxy groups -OCH3 is 1. The molecule has 1 heterocycles. The van der Waals surface area contributed by atoms with Gasteiger partial charge in [0, 0.05) is 19.3 Å². The second-order valence-electron chi connectivity index (χ2n) is 4.51. The fourth-order valence-corrected chi connectivity index (χ4v) is 1.43. The lowest BCUT2D eigenvalue weighted by atomic mass is 10.0. The molecule has 0 unspecified atom stereocenters. The minimum atomic E-state index is -0.0804. The van der Waals surface area contributed by atoms with Crippen LogP contribution in [0.3, 0.4) is 0 Å². The molecule has 0 bridgehead atoms. The Kier molecular flexibility index (Phi) is 4.99. The van der Waals surface area contributed by atoms with Crippen LogP contribution in [0.2, 0.25) is 0 Å². The molecule has 16 heavy (non-hydrogen) atoms. The van der Waals surface area contributed by atoms with Crippen LogP contribution >= 0.6 is 0 Å². The molecule has 0 aromatic carbocycles. The van der Waals surface area contributed by atoms with E-state index in [-0.39, 0.29) is 12.1 Å². The summed E-state index contributed by atoms with van der Waals surface area (Å²) in [7, 11) is 1.64. The number of aliphatic hydroxyl groups excluding tert-OH is 1. The van der Waals surface area contributed by atoms with Crippen molar-refractivity contribution >= 4 is 0 Å². The van der Waals surface area contributed by atoms with Gasteiger partial charge >= 0.3 is 0 Å². The molecule has 4 nitrogen and oxygen atoms in total. The lowest BCUT2D eigenvalue weighted by molar-refractivity contribution is 0.161. The Balaban J connectivity index is 2.41. The molecule has 1 aromatic heterocycles. The molecular formula is C12H21NO3. The first-order valence-corrected chi connectivity index (χ1v) is 5.50. The Bertz CT molecular complexity index is 307. The number of hydrogen-bond donors (Lipinski definition) is 2. The van der Waals surface area contributed by atoms with E-state index in [4.69, 9.17) is 14.3 Å². The van der Waals surface area contributed by atoms with Crippen molar-refractivity contribution in [3.63, 3.8) is 0 Å². The number of furan rings is 1. The van der Waals surface area contributed by atoms with Crippen LogP contribution in [-0.2, 0) is 17.9 Å². The first-order chi connectivity index (χ1) is 7.57. The van der Waals surface area contributed by atoms with Gasteiger partial charge in [0.15, 0.2) is 0 Å². The van der Waals surface area contributed by atoms with Crippen LogP contribution in [0.4, 0.5) is 0 Å². The molecule has 0 aliphatic rings. The standard InChI is InChI=1S/C12H21NO3/c1-12(2,6-7-14)13-8-10-4-5-11(16-10)9-15-3/h4-5,13-14H,6-9H2,1-3H3. The third kappa shape index (κ3) is 4.35. The zero-order valence-corrected chi connectivity index (χ0v) is 10.2. The van der Waals surface area contributed by atoms with E-state index in [2.05, 4.69) is 19.2 Å². The highest BCUT2D eigenvalue weighted by atomic mass is 16.5. The van der Waals surface area contributed by atoms with Crippen molar-refractivity contribution in [3.05, 3.63) is 23.7 Å². The monoisotopic (exact) mass is 227 g/mol. The molecule has 0 aliphatic carbocycles. The first-order valence-electron chi connectivity index (χ1n) is 5.50. The van der Waals surface area contributed by atoms with Gasteiger partial charge in [-0.3, -0.25) is 0 Å². The highest BCUT2D eigenvalue weighted by Gasteiger charge is 2.16. The average Bonchev–Trinajstić information content (AvgIpc) is 2.64. The van der Waals surface area contributed by atoms with E-state index in [1.54, 1.807) is 7.11 Å². The van der Waals surface area contributed by atoms with Crippen LogP contribution < -0.4 is 5.32 Å². The summed E-state index contributed by atoms with van der Waals surface area (Å²) < 4.78 is 10.5. The predicted molar refractivity (Wildman–Crippen MR) is 62.0 cm³/mol. The molecule has 1 aromatic rings. The topological polar surface area (TPSA) is 54.6 Å². The van der Waals surface area contributed by atoms with E-state index in [1.807, 2.05) is 12.1 Å². The summed E-state index contributed by atoms with van der Waals surface area (Å²) in [5.41, 5.74) is -0.0804. The van der Waals surface area contributed by atoms with Crippen LogP contribution in [0.5, 0.6) is 0 Å². The maximum Gasteiger partial charge on any atom is 0.129 e. The lowest BCUT2D eigenvalue weighted by Gasteiger charge is -2.24. The molecule has 1 rings (SSSR count). The van der Waals surface area contributed by atoms with Crippen molar-refractivity contribution in [2.24, 2.45) is 0 Å². The van der Waals surface area contributed by atoms with E-state index < -0.39 is 0 Å². The Morgan fingerprint density at radius 2 is 2.06 bits per heavy atom. The zero-order chi connectivity index (χ0) is 12.0. The highest BCUT2D eigenvalue weighted by molar-refractivity contribution is 5.06. The SMILES string of the molecule is COCc1ccc(CNC(C)(C)CCO)o1. The van der Waals surface area contributed by atoms with Crippen LogP contribution in [0.25, 0.3) is 0 Å². The van der Waals surface area contributed by atoms with Gasteiger partial charge in [0.05, 0.1) is 6.54 Å². The molecule has 0 radical (unpaired) electrons. The number of nitrogens with one attached hydrogen (secondary N) is 1. The van der Waals surface area contributed by atoms with E-state index in [0.717, 1.165) is 17.9 Å². The van der Waals surface area contributed by atoms with Gasteiger partial charge in [-0.05, 0) is 32.4 Å². The fourth-order valence-electron chi connectivity index (χ4n) is 1.43. The largest absolute Gasteiger partial charge is 0.462 e.